The smallest absolute Gasteiger partial charge is 0.269 e. The van der Waals surface area contributed by atoms with Crippen LogP contribution in [0.4, 0.5) is 4.39 Å². The van der Waals surface area contributed by atoms with Gasteiger partial charge >= 0.3 is 0 Å². The van der Waals surface area contributed by atoms with Crippen LogP contribution in [-0.4, -0.2) is 38.0 Å². The predicted molar refractivity (Wildman–Crippen MR) is 122 cm³/mol. The molecule has 172 valence electrons. The molecule has 33 heavy (non-hydrogen) atoms. The lowest BCUT2D eigenvalue weighted by atomic mass is 9.94. The number of carbonyl (C=O) groups excluding carboxylic acids is 2. The van der Waals surface area contributed by atoms with E-state index in [2.05, 4.69) is 15.4 Å². The van der Waals surface area contributed by atoms with Gasteiger partial charge in [-0.1, -0.05) is 25.1 Å². The van der Waals surface area contributed by atoms with Crippen molar-refractivity contribution in [3.63, 3.8) is 0 Å². The second-order valence-corrected chi connectivity index (χ2v) is 8.34. The fourth-order valence-electron chi connectivity index (χ4n) is 4.26. The minimum absolute atomic E-state index is 0.0364. The Kier molecular flexibility index (Phi) is 6.53. The van der Waals surface area contributed by atoms with E-state index in [1.54, 1.807) is 47.1 Å². The molecule has 3 aromatic rings. The number of hydrogen-bond acceptors (Lipinski definition) is 4. The first-order valence-corrected chi connectivity index (χ1v) is 11.2. The lowest BCUT2D eigenvalue weighted by Crippen LogP contribution is -2.38. The molecule has 0 radical (unpaired) electrons. The molecular weight excluding hydrogens is 421 g/mol. The van der Waals surface area contributed by atoms with Crippen molar-refractivity contribution >= 4 is 11.8 Å². The summed E-state index contributed by atoms with van der Waals surface area (Å²) in [7, 11) is 1.76. The standard InChI is InChI=1S/C25H28FN5O2/c1-4-19-12-23(30(3)29-19)25(33)28-14-21-16(2)27-13-18-15-31(10-9-20(18)21)24(32)11-17-7-5-6-8-22(17)26/h5-8,12-13H,4,9-11,14-15H2,1-3H3,(H,28,33). The molecule has 0 fully saturated rings. The maximum Gasteiger partial charge on any atom is 0.269 e. The highest BCUT2D eigenvalue weighted by atomic mass is 19.1. The third-order valence-corrected chi connectivity index (χ3v) is 6.20. The van der Waals surface area contributed by atoms with Crippen LogP contribution >= 0.6 is 0 Å². The first-order chi connectivity index (χ1) is 15.9. The number of pyridine rings is 1. The number of halogens is 1. The zero-order valence-corrected chi connectivity index (χ0v) is 19.2. The lowest BCUT2D eigenvalue weighted by molar-refractivity contribution is -0.131. The minimum Gasteiger partial charge on any atom is -0.347 e. The van der Waals surface area contributed by atoms with Crippen molar-refractivity contribution in [1.29, 1.82) is 0 Å². The van der Waals surface area contributed by atoms with Gasteiger partial charge in [0.25, 0.3) is 5.91 Å². The molecule has 0 unspecified atom stereocenters. The van der Waals surface area contributed by atoms with Crippen molar-refractivity contribution in [3.8, 4) is 0 Å². The van der Waals surface area contributed by atoms with Crippen LogP contribution in [0, 0.1) is 12.7 Å². The highest BCUT2D eigenvalue weighted by molar-refractivity contribution is 5.92. The summed E-state index contributed by atoms with van der Waals surface area (Å²) in [5.41, 5.74) is 5.73. The van der Waals surface area contributed by atoms with Crippen molar-refractivity contribution < 1.29 is 14.0 Å². The number of hydrogen-bond donors (Lipinski definition) is 1. The Morgan fingerprint density at radius 1 is 1.24 bits per heavy atom. The molecule has 0 atom stereocenters. The van der Waals surface area contributed by atoms with Gasteiger partial charge in [-0.2, -0.15) is 5.10 Å². The van der Waals surface area contributed by atoms with Gasteiger partial charge in [-0.05, 0) is 54.2 Å². The van der Waals surface area contributed by atoms with Gasteiger partial charge < -0.3 is 10.2 Å². The lowest BCUT2D eigenvalue weighted by Gasteiger charge is -2.30. The molecule has 0 aliphatic carbocycles. The zero-order chi connectivity index (χ0) is 23.5. The van der Waals surface area contributed by atoms with Crippen LogP contribution in [0.1, 0.15) is 51.1 Å². The number of fused-ring (bicyclic) bond motifs is 1. The predicted octanol–water partition coefficient (Wildman–Crippen LogP) is 2.88. The Balaban J connectivity index is 1.46. The summed E-state index contributed by atoms with van der Waals surface area (Å²) in [4.78, 5) is 31.7. The monoisotopic (exact) mass is 449 g/mol. The Morgan fingerprint density at radius 3 is 2.76 bits per heavy atom. The summed E-state index contributed by atoms with van der Waals surface area (Å²) in [6, 6.07) is 8.17. The molecule has 0 bridgehead atoms. The highest BCUT2D eigenvalue weighted by Crippen LogP contribution is 2.25. The summed E-state index contributed by atoms with van der Waals surface area (Å²) < 4.78 is 15.5. The van der Waals surface area contributed by atoms with Gasteiger partial charge in [0.05, 0.1) is 12.1 Å². The molecule has 3 heterocycles. The van der Waals surface area contributed by atoms with E-state index in [9.17, 15) is 14.0 Å². The molecule has 1 aliphatic heterocycles. The molecule has 1 aliphatic rings. The van der Waals surface area contributed by atoms with Gasteiger partial charge in [-0.3, -0.25) is 19.3 Å². The number of nitrogens with zero attached hydrogens (tertiary/aromatic N) is 4. The molecule has 2 aromatic heterocycles. The fraction of sp³-hybridized carbons (Fsp3) is 0.360. The maximum atomic E-state index is 14.0. The number of rotatable bonds is 6. The Labute approximate surface area is 192 Å². The van der Waals surface area contributed by atoms with Crippen molar-refractivity contribution in [2.75, 3.05) is 6.54 Å². The van der Waals surface area contributed by atoms with E-state index < -0.39 is 0 Å². The van der Waals surface area contributed by atoms with Gasteiger partial charge in [-0.25, -0.2) is 4.39 Å². The van der Waals surface area contributed by atoms with Crippen LogP contribution < -0.4 is 5.32 Å². The Morgan fingerprint density at radius 2 is 2.03 bits per heavy atom. The SMILES string of the molecule is CCc1cc(C(=O)NCc2c(C)ncc3c2CCN(C(=O)Cc2ccccc2F)C3)n(C)n1. The Hall–Kier alpha value is -3.55. The Bertz CT molecular complexity index is 1200. The van der Waals surface area contributed by atoms with E-state index in [0.717, 1.165) is 34.5 Å². The molecular formula is C25H28FN5O2. The molecule has 0 saturated carbocycles. The van der Waals surface area contributed by atoms with Gasteiger partial charge in [0, 0.05) is 38.6 Å². The molecule has 0 spiro atoms. The summed E-state index contributed by atoms with van der Waals surface area (Å²) in [6.45, 7) is 5.26. The minimum atomic E-state index is -0.363. The molecule has 1 N–H and O–H groups in total. The molecule has 8 heteroatoms. The highest BCUT2D eigenvalue weighted by Gasteiger charge is 2.25. The largest absolute Gasteiger partial charge is 0.347 e. The normalized spacial score (nSPS) is 13.0. The number of nitrogens with one attached hydrogen (secondary N) is 1. The topological polar surface area (TPSA) is 80.1 Å². The van der Waals surface area contributed by atoms with E-state index in [0.29, 0.717) is 37.3 Å². The third-order valence-electron chi connectivity index (χ3n) is 6.20. The fourth-order valence-corrected chi connectivity index (χ4v) is 4.26. The second-order valence-electron chi connectivity index (χ2n) is 8.34. The van der Waals surface area contributed by atoms with Crippen LogP contribution in [0.15, 0.2) is 36.5 Å². The van der Waals surface area contributed by atoms with Crippen molar-refractivity contribution in [3.05, 3.63) is 81.7 Å². The van der Waals surface area contributed by atoms with Crippen LogP contribution in [0.5, 0.6) is 0 Å². The number of aryl methyl sites for hydroxylation is 3. The van der Waals surface area contributed by atoms with E-state index >= 15 is 0 Å². The maximum absolute atomic E-state index is 14.0. The van der Waals surface area contributed by atoms with E-state index in [1.807, 2.05) is 13.8 Å². The zero-order valence-electron chi connectivity index (χ0n) is 19.2. The second kappa shape index (κ2) is 9.52. The van der Waals surface area contributed by atoms with Gasteiger partial charge in [-0.15, -0.1) is 0 Å². The van der Waals surface area contributed by atoms with E-state index in [4.69, 9.17) is 0 Å². The first-order valence-electron chi connectivity index (χ1n) is 11.2. The number of aromatic nitrogens is 3. The number of carbonyl (C=O) groups is 2. The number of amides is 2. The third kappa shape index (κ3) is 4.79. The summed E-state index contributed by atoms with van der Waals surface area (Å²) in [6.07, 6.45) is 3.27. The first kappa shape index (κ1) is 22.6. The molecule has 4 rings (SSSR count). The van der Waals surface area contributed by atoms with Gasteiger partial charge in [0.15, 0.2) is 0 Å². The molecule has 0 saturated heterocycles. The van der Waals surface area contributed by atoms with Crippen LogP contribution in [0.2, 0.25) is 0 Å². The summed E-state index contributed by atoms with van der Waals surface area (Å²) >= 11 is 0. The van der Waals surface area contributed by atoms with Crippen molar-refractivity contribution in [2.24, 2.45) is 7.05 Å². The van der Waals surface area contributed by atoms with E-state index in [-0.39, 0.29) is 24.1 Å². The van der Waals surface area contributed by atoms with Gasteiger partial charge in [0.2, 0.25) is 5.91 Å². The number of benzene rings is 1. The van der Waals surface area contributed by atoms with E-state index in [1.165, 1.54) is 6.07 Å². The molecule has 2 amide bonds. The average molecular weight is 450 g/mol. The van der Waals surface area contributed by atoms with Crippen LogP contribution in [0.3, 0.4) is 0 Å². The molecule has 7 nitrogen and oxygen atoms in total. The average Bonchev–Trinajstić information content (AvgIpc) is 3.20. The molecule has 1 aromatic carbocycles. The van der Waals surface area contributed by atoms with Crippen molar-refractivity contribution in [2.45, 2.75) is 46.2 Å². The summed E-state index contributed by atoms with van der Waals surface area (Å²) in [5.74, 6) is -0.652. The van der Waals surface area contributed by atoms with Crippen molar-refractivity contribution in [1.82, 2.24) is 25.0 Å². The quantitative estimate of drug-likeness (QED) is 0.628. The van der Waals surface area contributed by atoms with Crippen LogP contribution in [-0.2, 0) is 44.2 Å². The van der Waals surface area contributed by atoms with Gasteiger partial charge in [0.1, 0.15) is 11.5 Å². The summed E-state index contributed by atoms with van der Waals surface area (Å²) in [5, 5.41) is 7.33. The van der Waals surface area contributed by atoms with Crippen LogP contribution in [0.25, 0.3) is 0 Å².